The van der Waals surface area contributed by atoms with Gasteiger partial charge in [-0.1, -0.05) is 29.8 Å². The molecule has 1 aliphatic rings. The van der Waals surface area contributed by atoms with Crippen molar-refractivity contribution in [3.63, 3.8) is 0 Å². The quantitative estimate of drug-likeness (QED) is 0.558. The van der Waals surface area contributed by atoms with Gasteiger partial charge in [0.15, 0.2) is 5.78 Å². The fourth-order valence-corrected chi connectivity index (χ4v) is 4.01. The van der Waals surface area contributed by atoms with E-state index in [1.165, 1.54) is 6.92 Å². The van der Waals surface area contributed by atoms with Crippen molar-refractivity contribution in [2.75, 3.05) is 22.1 Å². The number of carbonyl (C=O) groups is 2. The van der Waals surface area contributed by atoms with E-state index in [1.807, 2.05) is 49.4 Å². The molecule has 0 aromatic heterocycles. The van der Waals surface area contributed by atoms with Crippen molar-refractivity contribution in [2.24, 2.45) is 0 Å². The first-order valence-corrected chi connectivity index (χ1v) is 10.5. The predicted octanol–water partition coefficient (Wildman–Crippen LogP) is 5.28. The summed E-state index contributed by atoms with van der Waals surface area (Å²) in [5.41, 5.74) is 6.73. The van der Waals surface area contributed by atoms with Gasteiger partial charge >= 0.3 is 6.03 Å². The topological polar surface area (TPSA) is 85.2 Å². The lowest BCUT2D eigenvalue weighted by Crippen LogP contribution is -2.32. The van der Waals surface area contributed by atoms with E-state index >= 15 is 0 Å². The van der Waals surface area contributed by atoms with Crippen molar-refractivity contribution in [3.05, 3.63) is 88.5 Å². The molecule has 0 fully saturated rings. The van der Waals surface area contributed by atoms with Gasteiger partial charge < -0.3 is 15.5 Å². The minimum Gasteiger partial charge on any atom is -0.366 e. The average molecular weight is 425 g/mol. The molecule has 3 aromatic rings. The number of nitrogens with one attached hydrogen (secondary N) is 2. The van der Waals surface area contributed by atoms with E-state index in [0.29, 0.717) is 30.6 Å². The number of fused-ring (bicyclic) bond motifs is 1. The molecule has 0 spiro atoms. The summed E-state index contributed by atoms with van der Waals surface area (Å²) < 4.78 is 0. The maximum Gasteiger partial charge on any atom is 0.323 e. The van der Waals surface area contributed by atoms with Gasteiger partial charge in [0.25, 0.3) is 0 Å². The Labute approximate surface area is 187 Å². The van der Waals surface area contributed by atoms with Crippen LogP contribution >= 0.6 is 0 Å². The highest BCUT2D eigenvalue weighted by molar-refractivity contribution is 6.01. The molecule has 1 heterocycles. The predicted molar refractivity (Wildman–Crippen MR) is 126 cm³/mol. The highest BCUT2D eigenvalue weighted by atomic mass is 16.2. The summed E-state index contributed by atoms with van der Waals surface area (Å²) >= 11 is 0. The lowest BCUT2D eigenvalue weighted by Gasteiger charge is -2.33. The highest BCUT2D eigenvalue weighted by Crippen LogP contribution is 2.32. The van der Waals surface area contributed by atoms with Crippen LogP contribution in [-0.2, 0) is 13.0 Å². The lowest BCUT2D eigenvalue weighted by molar-refractivity contribution is 0.101. The molecule has 0 bridgehead atoms. The lowest BCUT2D eigenvalue weighted by atomic mass is 9.96. The van der Waals surface area contributed by atoms with Crippen molar-refractivity contribution < 1.29 is 9.59 Å². The number of aryl methyl sites for hydroxylation is 1. The fourth-order valence-electron chi connectivity index (χ4n) is 4.01. The van der Waals surface area contributed by atoms with Crippen LogP contribution in [0, 0.1) is 18.3 Å². The van der Waals surface area contributed by atoms with Crippen molar-refractivity contribution in [1.29, 1.82) is 5.26 Å². The maximum atomic E-state index is 12.5. The molecule has 1 aliphatic heterocycles. The number of nitriles is 1. The van der Waals surface area contributed by atoms with Crippen LogP contribution in [-0.4, -0.2) is 18.4 Å². The first-order valence-electron chi connectivity index (χ1n) is 10.5. The number of carbonyl (C=O) groups excluding carboxylic acids is 2. The SMILES string of the molecule is CC(=O)c1ccc(C#N)cc1N1CCc2c(cccc2NC(=O)Nc2ccc(C)cc2)C1. The number of hydrogen-bond acceptors (Lipinski definition) is 4. The first-order chi connectivity index (χ1) is 15.4. The third kappa shape index (κ3) is 4.47. The van der Waals surface area contributed by atoms with E-state index in [4.69, 9.17) is 0 Å². The molecule has 0 unspecified atom stereocenters. The van der Waals surface area contributed by atoms with Gasteiger partial charge in [-0.05, 0) is 67.8 Å². The summed E-state index contributed by atoms with van der Waals surface area (Å²) in [5.74, 6) is -0.0292. The highest BCUT2D eigenvalue weighted by Gasteiger charge is 2.23. The Morgan fingerprint density at radius 1 is 1.03 bits per heavy atom. The Bertz CT molecular complexity index is 1230. The third-order valence-corrected chi connectivity index (χ3v) is 5.67. The minimum atomic E-state index is -0.287. The fraction of sp³-hybridized carbons (Fsp3) is 0.192. The Kier molecular flexibility index (Phi) is 5.91. The zero-order valence-corrected chi connectivity index (χ0v) is 18.1. The van der Waals surface area contributed by atoms with E-state index < -0.39 is 0 Å². The average Bonchev–Trinajstić information content (AvgIpc) is 2.80. The monoisotopic (exact) mass is 424 g/mol. The number of benzene rings is 3. The summed E-state index contributed by atoms with van der Waals surface area (Å²) in [6.07, 6.45) is 0.713. The van der Waals surface area contributed by atoms with Gasteiger partial charge in [-0.2, -0.15) is 5.26 Å². The number of urea groups is 1. The molecule has 0 atom stereocenters. The van der Waals surface area contributed by atoms with Crippen LogP contribution < -0.4 is 15.5 Å². The van der Waals surface area contributed by atoms with Gasteiger partial charge in [-0.3, -0.25) is 4.79 Å². The zero-order valence-electron chi connectivity index (χ0n) is 18.1. The standard InChI is InChI=1S/C26H24N4O2/c1-17-6-9-21(10-7-17)28-26(32)29-24-5-3-4-20-16-30(13-12-23(20)24)25-14-19(15-27)8-11-22(25)18(2)31/h3-11,14H,12-13,16H2,1-2H3,(H2,28,29,32). The molecule has 6 nitrogen and oxygen atoms in total. The summed E-state index contributed by atoms with van der Waals surface area (Å²) in [6.45, 7) is 4.82. The van der Waals surface area contributed by atoms with Crippen LogP contribution in [0.1, 0.15) is 39.5 Å². The van der Waals surface area contributed by atoms with Gasteiger partial charge in [0.2, 0.25) is 0 Å². The molecule has 0 saturated heterocycles. The second-order valence-electron chi connectivity index (χ2n) is 7.96. The van der Waals surface area contributed by atoms with E-state index in [1.54, 1.807) is 18.2 Å². The molecule has 3 aromatic carbocycles. The van der Waals surface area contributed by atoms with Crippen LogP contribution in [0.5, 0.6) is 0 Å². The molecule has 6 heteroatoms. The number of amides is 2. The molecule has 0 radical (unpaired) electrons. The molecular formula is C26H24N4O2. The van der Waals surface area contributed by atoms with E-state index in [2.05, 4.69) is 21.6 Å². The Balaban J connectivity index is 1.54. The second kappa shape index (κ2) is 8.94. The molecule has 2 N–H and O–H groups in total. The zero-order chi connectivity index (χ0) is 22.7. The van der Waals surface area contributed by atoms with Crippen molar-refractivity contribution in [2.45, 2.75) is 26.8 Å². The first kappa shape index (κ1) is 21.1. The Morgan fingerprint density at radius 2 is 1.81 bits per heavy atom. The van der Waals surface area contributed by atoms with Crippen LogP contribution in [0.15, 0.2) is 60.7 Å². The molecule has 0 saturated carbocycles. The van der Waals surface area contributed by atoms with Gasteiger partial charge in [-0.15, -0.1) is 0 Å². The van der Waals surface area contributed by atoms with Crippen LogP contribution in [0.25, 0.3) is 0 Å². The summed E-state index contributed by atoms with van der Waals surface area (Å²) in [5, 5.41) is 15.1. The number of anilines is 3. The Hall–Kier alpha value is -4.11. The van der Waals surface area contributed by atoms with E-state index in [-0.39, 0.29) is 11.8 Å². The molecule has 2 amide bonds. The largest absolute Gasteiger partial charge is 0.366 e. The number of rotatable bonds is 4. The number of Topliss-reactive ketones (excluding diaryl/α,β-unsaturated/α-hetero) is 1. The summed E-state index contributed by atoms with van der Waals surface area (Å²) in [6, 6.07) is 20.5. The van der Waals surface area contributed by atoms with Crippen LogP contribution in [0.3, 0.4) is 0 Å². The van der Waals surface area contributed by atoms with Gasteiger partial charge in [0.1, 0.15) is 0 Å². The van der Waals surface area contributed by atoms with Crippen LogP contribution in [0.2, 0.25) is 0 Å². The van der Waals surface area contributed by atoms with Crippen LogP contribution in [0.4, 0.5) is 21.9 Å². The molecule has 4 rings (SSSR count). The molecular weight excluding hydrogens is 400 g/mol. The van der Waals surface area contributed by atoms with Crippen molar-refractivity contribution >= 4 is 28.9 Å². The van der Waals surface area contributed by atoms with Crippen molar-refractivity contribution in [1.82, 2.24) is 0 Å². The molecule has 0 aliphatic carbocycles. The molecule has 160 valence electrons. The third-order valence-electron chi connectivity index (χ3n) is 5.67. The number of nitrogens with zero attached hydrogens (tertiary/aromatic N) is 2. The molecule has 32 heavy (non-hydrogen) atoms. The summed E-state index contributed by atoms with van der Waals surface area (Å²) in [7, 11) is 0. The summed E-state index contributed by atoms with van der Waals surface area (Å²) in [4.78, 5) is 26.8. The van der Waals surface area contributed by atoms with Gasteiger partial charge in [-0.25, -0.2) is 4.79 Å². The van der Waals surface area contributed by atoms with E-state index in [0.717, 1.165) is 33.8 Å². The smallest absolute Gasteiger partial charge is 0.323 e. The number of hydrogen-bond donors (Lipinski definition) is 2. The maximum absolute atomic E-state index is 12.5. The Morgan fingerprint density at radius 3 is 2.53 bits per heavy atom. The number of ketones is 1. The normalized spacial score (nSPS) is 12.5. The second-order valence-corrected chi connectivity index (χ2v) is 7.96. The van der Waals surface area contributed by atoms with Gasteiger partial charge in [0.05, 0.1) is 11.6 Å². The van der Waals surface area contributed by atoms with E-state index in [9.17, 15) is 14.9 Å². The van der Waals surface area contributed by atoms with Crippen molar-refractivity contribution in [3.8, 4) is 6.07 Å². The van der Waals surface area contributed by atoms with Gasteiger partial charge in [0, 0.05) is 35.7 Å². The minimum absolute atomic E-state index is 0.0292.